The van der Waals surface area contributed by atoms with Gasteiger partial charge in [-0.25, -0.2) is 0 Å². The summed E-state index contributed by atoms with van der Waals surface area (Å²) in [6, 6.07) is 16.9. The first-order valence-electron chi connectivity index (χ1n) is 6.97. The van der Waals surface area contributed by atoms with Gasteiger partial charge >= 0.3 is 0 Å². The molecule has 3 nitrogen and oxygen atoms in total. The molecule has 4 heteroatoms. The second kappa shape index (κ2) is 8.32. The fourth-order valence-corrected chi connectivity index (χ4v) is 2.06. The average Bonchev–Trinajstić information content (AvgIpc) is 2.51. The number of amides is 1. The molecule has 0 aliphatic heterocycles. The van der Waals surface area contributed by atoms with Gasteiger partial charge in [-0.05, 0) is 37.1 Å². The van der Waals surface area contributed by atoms with E-state index in [1.54, 1.807) is 0 Å². The number of halogens is 1. The highest BCUT2D eigenvalue weighted by Crippen LogP contribution is 2.29. The predicted molar refractivity (Wildman–Crippen MR) is 86.2 cm³/mol. The number of para-hydroxylation sites is 3. The molecule has 2 aromatic rings. The molecule has 0 aliphatic rings. The number of hydrogen-bond donors (Lipinski definition) is 1. The summed E-state index contributed by atoms with van der Waals surface area (Å²) in [6.45, 7) is 0. The van der Waals surface area contributed by atoms with Crippen LogP contribution in [0.15, 0.2) is 54.6 Å². The molecule has 21 heavy (non-hydrogen) atoms. The molecule has 0 radical (unpaired) electrons. The molecule has 0 aromatic heterocycles. The third kappa shape index (κ3) is 5.12. The van der Waals surface area contributed by atoms with Gasteiger partial charge in [0.25, 0.3) is 0 Å². The number of nitrogens with one attached hydrogen (secondary N) is 1. The van der Waals surface area contributed by atoms with Crippen LogP contribution in [0.2, 0.25) is 0 Å². The summed E-state index contributed by atoms with van der Waals surface area (Å²) in [5.74, 6) is 1.93. The number of benzene rings is 2. The van der Waals surface area contributed by atoms with Crippen LogP contribution in [0.25, 0.3) is 0 Å². The highest BCUT2D eigenvalue weighted by atomic mass is 35.5. The van der Waals surface area contributed by atoms with Gasteiger partial charge in [0.1, 0.15) is 5.75 Å². The van der Waals surface area contributed by atoms with E-state index in [2.05, 4.69) is 5.32 Å². The zero-order valence-corrected chi connectivity index (χ0v) is 12.5. The average molecular weight is 304 g/mol. The van der Waals surface area contributed by atoms with Crippen LogP contribution >= 0.6 is 11.6 Å². The van der Waals surface area contributed by atoms with Crippen LogP contribution in [0, 0.1) is 0 Å². The molecule has 0 aliphatic carbocycles. The summed E-state index contributed by atoms with van der Waals surface area (Å²) in [5, 5.41) is 2.88. The van der Waals surface area contributed by atoms with Crippen LogP contribution in [0.1, 0.15) is 19.3 Å². The van der Waals surface area contributed by atoms with Crippen LogP contribution in [-0.2, 0) is 4.79 Å². The Balaban J connectivity index is 2.01. The molecule has 0 heterocycles. The van der Waals surface area contributed by atoms with Gasteiger partial charge in [-0.2, -0.15) is 0 Å². The van der Waals surface area contributed by atoms with Gasteiger partial charge in [-0.15, -0.1) is 11.6 Å². The summed E-state index contributed by atoms with van der Waals surface area (Å²) >= 11 is 5.61. The lowest BCUT2D eigenvalue weighted by Gasteiger charge is -2.12. The first-order valence-corrected chi connectivity index (χ1v) is 7.51. The second-order valence-corrected chi connectivity index (χ2v) is 4.98. The van der Waals surface area contributed by atoms with Gasteiger partial charge in [-0.3, -0.25) is 4.79 Å². The first-order chi connectivity index (χ1) is 10.3. The number of unbranched alkanes of at least 4 members (excludes halogenated alkanes) is 1. The van der Waals surface area contributed by atoms with Gasteiger partial charge in [0, 0.05) is 12.3 Å². The van der Waals surface area contributed by atoms with Gasteiger partial charge in [0.15, 0.2) is 5.75 Å². The largest absolute Gasteiger partial charge is 0.455 e. The number of carbonyl (C=O) groups is 1. The van der Waals surface area contributed by atoms with E-state index < -0.39 is 0 Å². The number of hydrogen-bond acceptors (Lipinski definition) is 2. The zero-order chi connectivity index (χ0) is 14.9. The van der Waals surface area contributed by atoms with Crippen molar-refractivity contribution in [2.24, 2.45) is 0 Å². The number of ether oxygens (including phenoxy) is 1. The SMILES string of the molecule is O=C(CCCCCl)Nc1ccccc1Oc1ccccc1. The fourth-order valence-electron chi connectivity index (χ4n) is 1.87. The Bertz CT molecular complexity index is 572. The molecular weight excluding hydrogens is 286 g/mol. The Labute approximate surface area is 129 Å². The normalized spacial score (nSPS) is 10.1. The van der Waals surface area contributed by atoms with E-state index in [9.17, 15) is 4.79 Å². The molecule has 0 atom stereocenters. The molecule has 2 rings (SSSR count). The zero-order valence-electron chi connectivity index (χ0n) is 11.7. The second-order valence-electron chi connectivity index (χ2n) is 4.61. The maximum Gasteiger partial charge on any atom is 0.224 e. The fraction of sp³-hybridized carbons (Fsp3) is 0.235. The van der Waals surface area contributed by atoms with Crippen LogP contribution in [-0.4, -0.2) is 11.8 Å². The Morgan fingerprint density at radius 2 is 1.71 bits per heavy atom. The molecule has 0 saturated carbocycles. The van der Waals surface area contributed by atoms with Crippen LogP contribution in [0.5, 0.6) is 11.5 Å². The van der Waals surface area contributed by atoms with Crippen molar-refractivity contribution >= 4 is 23.2 Å². The van der Waals surface area contributed by atoms with Gasteiger partial charge in [0.2, 0.25) is 5.91 Å². The van der Waals surface area contributed by atoms with Crippen molar-refractivity contribution in [1.82, 2.24) is 0 Å². The number of anilines is 1. The van der Waals surface area contributed by atoms with Crippen LogP contribution in [0.4, 0.5) is 5.69 Å². The maximum atomic E-state index is 11.9. The topological polar surface area (TPSA) is 38.3 Å². The lowest BCUT2D eigenvalue weighted by atomic mass is 10.2. The van der Waals surface area contributed by atoms with E-state index >= 15 is 0 Å². The molecular formula is C17H18ClNO2. The Hall–Kier alpha value is -2.00. The minimum absolute atomic E-state index is 0.0239. The van der Waals surface area contributed by atoms with Crippen molar-refractivity contribution in [2.75, 3.05) is 11.2 Å². The predicted octanol–water partition coefficient (Wildman–Crippen LogP) is 4.83. The highest BCUT2D eigenvalue weighted by Gasteiger charge is 2.08. The van der Waals surface area contributed by atoms with Crippen molar-refractivity contribution in [1.29, 1.82) is 0 Å². The third-order valence-corrected chi connectivity index (χ3v) is 3.19. The number of alkyl halides is 1. The van der Waals surface area contributed by atoms with E-state index in [-0.39, 0.29) is 5.91 Å². The number of carbonyl (C=O) groups excluding carboxylic acids is 1. The number of rotatable bonds is 7. The molecule has 0 saturated heterocycles. The van der Waals surface area contributed by atoms with Crippen molar-refractivity contribution in [2.45, 2.75) is 19.3 Å². The molecule has 0 spiro atoms. The van der Waals surface area contributed by atoms with E-state index in [1.807, 2.05) is 54.6 Å². The van der Waals surface area contributed by atoms with Crippen molar-refractivity contribution in [3.05, 3.63) is 54.6 Å². The van der Waals surface area contributed by atoms with Gasteiger partial charge in [0.05, 0.1) is 5.69 Å². The molecule has 0 bridgehead atoms. The summed E-state index contributed by atoms with van der Waals surface area (Å²) in [7, 11) is 0. The Kier molecular flexibility index (Phi) is 6.10. The lowest BCUT2D eigenvalue weighted by molar-refractivity contribution is -0.116. The van der Waals surface area contributed by atoms with Gasteiger partial charge in [-0.1, -0.05) is 30.3 Å². The molecule has 0 fully saturated rings. The molecule has 2 aromatic carbocycles. The van der Waals surface area contributed by atoms with Crippen molar-refractivity contribution in [3.63, 3.8) is 0 Å². The molecule has 110 valence electrons. The van der Waals surface area contributed by atoms with E-state index in [0.717, 1.165) is 18.6 Å². The Morgan fingerprint density at radius 1 is 1.00 bits per heavy atom. The highest BCUT2D eigenvalue weighted by molar-refractivity contribution is 6.17. The molecule has 0 unspecified atom stereocenters. The van der Waals surface area contributed by atoms with Crippen molar-refractivity contribution in [3.8, 4) is 11.5 Å². The first kappa shape index (κ1) is 15.4. The summed E-state index contributed by atoms with van der Waals surface area (Å²) in [4.78, 5) is 11.9. The molecule has 1 amide bonds. The summed E-state index contributed by atoms with van der Waals surface area (Å²) in [5.41, 5.74) is 0.678. The minimum atomic E-state index is -0.0239. The monoisotopic (exact) mass is 303 g/mol. The van der Waals surface area contributed by atoms with Crippen molar-refractivity contribution < 1.29 is 9.53 Å². The van der Waals surface area contributed by atoms with E-state index in [4.69, 9.17) is 16.3 Å². The standard InChI is InChI=1S/C17H18ClNO2/c18-13-7-6-12-17(20)19-15-10-4-5-11-16(15)21-14-8-2-1-3-9-14/h1-5,8-11H,6-7,12-13H2,(H,19,20). The van der Waals surface area contributed by atoms with Crippen LogP contribution in [0.3, 0.4) is 0 Å². The smallest absolute Gasteiger partial charge is 0.224 e. The summed E-state index contributed by atoms with van der Waals surface area (Å²) in [6.07, 6.45) is 2.10. The minimum Gasteiger partial charge on any atom is -0.455 e. The third-order valence-electron chi connectivity index (χ3n) is 2.92. The van der Waals surface area contributed by atoms with Crippen LogP contribution < -0.4 is 10.1 Å². The lowest BCUT2D eigenvalue weighted by Crippen LogP contribution is -2.11. The maximum absolute atomic E-state index is 11.9. The summed E-state index contributed by atoms with van der Waals surface area (Å²) < 4.78 is 5.80. The van der Waals surface area contributed by atoms with Gasteiger partial charge < -0.3 is 10.1 Å². The van der Waals surface area contributed by atoms with E-state index in [1.165, 1.54) is 0 Å². The quantitative estimate of drug-likeness (QED) is 0.588. The Morgan fingerprint density at radius 3 is 2.48 bits per heavy atom. The van der Waals surface area contributed by atoms with E-state index in [0.29, 0.717) is 23.7 Å². The molecule has 1 N–H and O–H groups in total.